The van der Waals surface area contributed by atoms with Gasteiger partial charge in [-0.05, 0) is 93.5 Å². The van der Waals surface area contributed by atoms with E-state index in [4.69, 9.17) is 14.0 Å². The van der Waals surface area contributed by atoms with Crippen LogP contribution in [0.5, 0.6) is 5.75 Å². The molecular weight excluding hydrogens is 553 g/mol. The summed E-state index contributed by atoms with van der Waals surface area (Å²) in [5.74, 6) is 0.703. The van der Waals surface area contributed by atoms with Gasteiger partial charge in [0.25, 0.3) is 5.91 Å². The number of amides is 2. The number of carbonyl (C=O) groups is 2. The molecule has 4 aliphatic rings. The minimum atomic E-state index is -0.529. The number of hydrogen-bond donors (Lipinski definition) is 2. The molecule has 2 aromatic carbocycles. The molecule has 2 aromatic rings. The van der Waals surface area contributed by atoms with Crippen LogP contribution in [-0.2, 0) is 25.3 Å². The van der Waals surface area contributed by atoms with E-state index in [1.54, 1.807) is 24.3 Å². The maximum absolute atomic E-state index is 13.2. The van der Waals surface area contributed by atoms with Crippen molar-refractivity contribution in [2.45, 2.75) is 90.4 Å². The van der Waals surface area contributed by atoms with Gasteiger partial charge in [0, 0.05) is 5.54 Å². The Bertz CT molecular complexity index is 1450. The molecule has 0 unspecified atom stereocenters. The summed E-state index contributed by atoms with van der Waals surface area (Å²) in [4.78, 5) is 25.7. The quantitative estimate of drug-likeness (QED) is 0.219. The fourth-order valence-electron chi connectivity index (χ4n) is 7.11. The number of ether oxygens (including phenoxy) is 1. The lowest BCUT2D eigenvalue weighted by Gasteiger charge is -2.64. The third-order valence-corrected chi connectivity index (χ3v) is 9.56. The normalized spacial score (nSPS) is 26.1. The Kier molecular flexibility index (Phi) is 8.97. The fraction of sp³-hybridized carbons (Fsp3) is 0.514. The van der Waals surface area contributed by atoms with Crippen molar-refractivity contribution < 1.29 is 23.6 Å². The van der Waals surface area contributed by atoms with Crippen LogP contribution in [0.3, 0.4) is 0 Å². The number of nitrogens with zero attached hydrogens (tertiary/aromatic N) is 1. The molecule has 2 amide bonds. The van der Waals surface area contributed by atoms with Gasteiger partial charge in [0.2, 0.25) is 5.91 Å². The molecule has 9 heteroatoms. The molecule has 0 spiro atoms. The average Bonchev–Trinajstić information content (AvgIpc) is 3.32. The van der Waals surface area contributed by atoms with Crippen molar-refractivity contribution in [1.29, 1.82) is 5.26 Å². The Morgan fingerprint density at radius 3 is 2.57 bits per heavy atom. The first kappa shape index (κ1) is 31.8. The highest BCUT2D eigenvalue weighted by Crippen LogP contribution is 2.65. The molecule has 0 radical (unpaired) electrons. The van der Waals surface area contributed by atoms with Crippen molar-refractivity contribution in [3.63, 3.8) is 0 Å². The molecule has 8 nitrogen and oxygen atoms in total. The SMILES string of the molecule is CC(C)(C)NC(=O)C(C#N)=Cc1cccc(OCCC(=O)N[C@@H](Cc2ccccc2)B2O[C@@H]3C[C@@H]4C[C@@H](C4(C)C)[C@]3(C)O2)c1. The molecule has 1 saturated heterocycles. The largest absolute Gasteiger partial charge is 0.493 e. The standard InChI is InChI=1S/C35H44BN3O5/c1-33(2,3)39-32(41)25(22-37)17-24-13-10-14-27(18-24)42-16-15-31(40)38-30(19-23-11-8-7-9-12-23)36-43-29-21-26-20-28(34(26,4)5)35(29,6)44-36/h7-14,17-18,26,28-30H,15-16,19-21H2,1-6H3,(H,38,40)(H,39,41)/t26-,28-,29+,30-,35-/m0/s1. The van der Waals surface area contributed by atoms with Crippen molar-refractivity contribution in [2.75, 3.05) is 6.61 Å². The minimum absolute atomic E-state index is 0.00623. The molecular formula is C35H44BN3O5. The lowest BCUT2D eigenvalue weighted by Crippen LogP contribution is -2.65. The van der Waals surface area contributed by atoms with E-state index in [0.717, 1.165) is 12.0 Å². The van der Waals surface area contributed by atoms with Gasteiger partial charge >= 0.3 is 7.12 Å². The molecule has 4 fully saturated rings. The summed E-state index contributed by atoms with van der Waals surface area (Å²) in [5.41, 5.74) is 1.19. The van der Waals surface area contributed by atoms with E-state index < -0.39 is 18.6 Å². The first-order valence-corrected chi connectivity index (χ1v) is 15.6. The third-order valence-electron chi connectivity index (χ3n) is 9.56. The molecule has 0 aromatic heterocycles. The van der Waals surface area contributed by atoms with E-state index in [1.165, 1.54) is 12.5 Å². The number of nitrogens with one attached hydrogen (secondary N) is 2. The molecule has 6 rings (SSSR count). The number of rotatable bonds is 10. The topological polar surface area (TPSA) is 110 Å². The summed E-state index contributed by atoms with van der Waals surface area (Å²) in [5, 5.41) is 15.5. The van der Waals surface area contributed by atoms with Crippen LogP contribution in [0.1, 0.15) is 71.9 Å². The highest BCUT2D eigenvalue weighted by Gasteiger charge is 2.68. The van der Waals surface area contributed by atoms with Gasteiger partial charge in [0.05, 0.1) is 30.7 Å². The van der Waals surface area contributed by atoms with Crippen LogP contribution in [0.2, 0.25) is 0 Å². The van der Waals surface area contributed by atoms with Crippen LogP contribution >= 0.6 is 0 Å². The van der Waals surface area contributed by atoms with E-state index in [2.05, 4.69) is 43.5 Å². The summed E-state index contributed by atoms with van der Waals surface area (Å²) < 4.78 is 19.2. The van der Waals surface area contributed by atoms with E-state index in [9.17, 15) is 14.9 Å². The van der Waals surface area contributed by atoms with Crippen molar-refractivity contribution in [1.82, 2.24) is 10.6 Å². The van der Waals surface area contributed by atoms with Crippen LogP contribution in [-0.4, -0.2) is 48.7 Å². The molecule has 232 valence electrons. The lowest BCUT2D eigenvalue weighted by atomic mass is 9.43. The summed E-state index contributed by atoms with van der Waals surface area (Å²) in [6.45, 7) is 12.6. The molecule has 2 bridgehead atoms. The smallest absolute Gasteiger partial charge is 0.482 e. The molecule has 3 aliphatic carbocycles. The van der Waals surface area contributed by atoms with Gasteiger partial charge in [0.1, 0.15) is 17.4 Å². The van der Waals surface area contributed by atoms with Crippen LogP contribution in [0.25, 0.3) is 6.08 Å². The Hall–Kier alpha value is -3.61. The molecule has 2 N–H and O–H groups in total. The fourth-order valence-corrected chi connectivity index (χ4v) is 7.11. The van der Waals surface area contributed by atoms with Crippen molar-refractivity contribution >= 4 is 25.0 Å². The zero-order chi connectivity index (χ0) is 31.7. The second kappa shape index (κ2) is 12.4. The molecule has 44 heavy (non-hydrogen) atoms. The van der Waals surface area contributed by atoms with Gasteiger partial charge in [-0.3, -0.25) is 9.59 Å². The summed E-state index contributed by atoms with van der Waals surface area (Å²) >= 11 is 0. The Morgan fingerprint density at radius 1 is 1.14 bits per heavy atom. The van der Waals surface area contributed by atoms with Crippen LogP contribution in [0, 0.1) is 28.6 Å². The first-order valence-electron chi connectivity index (χ1n) is 15.6. The van der Waals surface area contributed by atoms with Gasteiger partial charge in [-0.15, -0.1) is 0 Å². The second-order valence-electron chi connectivity index (χ2n) is 14.2. The van der Waals surface area contributed by atoms with Gasteiger partial charge in [-0.1, -0.05) is 56.3 Å². The molecule has 3 saturated carbocycles. The molecule has 5 atom stereocenters. The van der Waals surface area contributed by atoms with Gasteiger partial charge in [0.15, 0.2) is 0 Å². The van der Waals surface area contributed by atoms with Crippen LogP contribution in [0.4, 0.5) is 0 Å². The maximum Gasteiger partial charge on any atom is 0.482 e. The third kappa shape index (κ3) is 6.87. The number of benzene rings is 2. The molecule has 1 aliphatic heterocycles. The molecule has 1 heterocycles. The lowest BCUT2D eigenvalue weighted by molar-refractivity contribution is -0.199. The van der Waals surface area contributed by atoms with Gasteiger partial charge in [-0.25, -0.2) is 0 Å². The predicted octanol–water partition coefficient (Wildman–Crippen LogP) is 5.27. The summed E-state index contributed by atoms with van der Waals surface area (Å²) in [7, 11) is -0.529. The van der Waals surface area contributed by atoms with Gasteiger partial charge in [-0.2, -0.15) is 5.26 Å². The zero-order valence-corrected chi connectivity index (χ0v) is 26.7. The monoisotopic (exact) mass is 597 g/mol. The second-order valence-corrected chi connectivity index (χ2v) is 14.2. The van der Waals surface area contributed by atoms with Crippen molar-refractivity contribution in [3.05, 3.63) is 71.3 Å². The van der Waals surface area contributed by atoms with Crippen LogP contribution in [0.15, 0.2) is 60.2 Å². The van der Waals surface area contributed by atoms with E-state index >= 15 is 0 Å². The Labute approximate surface area is 261 Å². The minimum Gasteiger partial charge on any atom is -0.493 e. The number of nitriles is 1. The van der Waals surface area contributed by atoms with E-state index in [1.807, 2.05) is 45.0 Å². The van der Waals surface area contributed by atoms with E-state index in [0.29, 0.717) is 29.6 Å². The number of hydrogen-bond acceptors (Lipinski definition) is 6. The average molecular weight is 598 g/mol. The highest BCUT2D eigenvalue weighted by atomic mass is 16.7. The highest BCUT2D eigenvalue weighted by molar-refractivity contribution is 6.48. The van der Waals surface area contributed by atoms with Crippen LogP contribution < -0.4 is 15.4 Å². The predicted molar refractivity (Wildman–Crippen MR) is 170 cm³/mol. The summed E-state index contributed by atoms with van der Waals surface area (Å²) in [6, 6.07) is 19.2. The number of carbonyl (C=O) groups excluding carboxylic acids is 2. The Morgan fingerprint density at radius 2 is 1.89 bits per heavy atom. The first-order chi connectivity index (χ1) is 20.8. The Balaban J connectivity index is 1.20. The zero-order valence-electron chi connectivity index (χ0n) is 26.7. The van der Waals surface area contributed by atoms with E-state index in [-0.39, 0.29) is 47.6 Å². The summed E-state index contributed by atoms with van der Waals surface area (Å²) in [6.07, 6.45) is 4.46. The van der Waals surface area contributed by atoms with Crippen molar-refractivity contribution in [2.24, 2.45) is 17.3 Å². The van der Waals surface area contributed by atoms with Gasteiger partial charge < -0.3 is 24.7 Å². The maximum atomic E-state index is 13.2. The van der Waals surface area contributed by atoms with Crippen molar-refractivity contribution in [3.8, 4) is 11.8 Å².